The van der Waals surface area contributed by atoms with Crippen molar-refractivity contribution in [3.05, 3.63) is 51.9 Å². The number of hydrogen-bond donors (Lipinski definition) is 1. The first-order valence-electron chi connectivity index (χ1n) is 12.8. The van der Waals surface area contributed by atoms with Gasteiger partial charge < -0.3 is 15.0 Å². The predicted octanol–water partition coefficient (Wildman–Crippen LogP) is 6.70. The number of nitrogens with zero attached hydrogens (tertiary/aromatic N) is 4. The van der Waals surface area contributed by atoms with Crippen molar-refractivity contribution in [3.8, 4) is 11.8 Å². The highest BCUT2D eigenvalue weighted by molar-refractivity contribution is 8.19. The molecular weight excluding hydrogens is 502 g/mol. The maximum absolute atomic E-state index is 14.1. The van der Waals surface area contributed by atoms with Gasteiger partial charge in [0, 0.05) is 30.1 Å². The summed E-state index contributed by atoms with van der Waals surface area (Å²) < 4.78 is 5.46. The second-order valence-corrected chi connectivity index (χ2v) is 11.2. The molecule has 2 aromatic carbocycles. The zero-order valence-corrected chi connectivity index (χ0v) is 23.0. The Morgan fingerprint density at radius 1 is 1.14 bits per heavy atom. The molecule has 0 radical (unpaired) electrons. The van der Waals surface area contributed by atoms with Gasteiger partial charge in [-0.1, -0.05) is 31.0 Å². The summed E-state index contributed by atoms with van der Waals surface area (Å²) in [6.45, 7) is 5.61. The van der Waals surface area contributed by atoms with Crippen LogP contribution in [0.15, 0.2) is 56.2 Å². The molecule has 192 valence electrons. The maximum Gasteiger partial charge on any atom is 0.269 e. The minimum absolute atomic E-state index is 0.0257. The third kappa shape index (κ3) is 4.92. The Bertz CT molecular complexity index is 1310. The summed E-state index contributed by atoms with van der Waals surface area (Å²) in [7, 11) is 1.67. The van der Waals surface area contributed by atoms with Gasteiger partial charge in [0.05, 0.1) is 35.8 Å². The van der Waals surface area contributed by atoms with E-state index in [0.29, 0.717) is 21.3 Å². The smallest absolute Gasteiger partial charge is 0.269 e. The molecule has 2 heterocycles. The lowest BCUT2D eigenvalue weighted by molar-refractivity contribution is -0.124. The number of amidine groups is 1. The second kappa shape index (κ2) is 11.1. The number of ether oxygens (including phenoxy) is 1. The number of amides is 1. The van der Waals surface area contributed by atoms with Gasteiger partial charge in [-0.2, -0.15) is 5.26 Å². The van der Waals surface area contributed by atoms with Crippen LogP contribution in [0.5, 0.6) is 5.75 Å². The quantitative estimate of drug-likeness (QED) is 0.414. The molecule has 3 aliphatic rings. The molecule has 9 heteroatoms. The van der Waals surface area contributed by atoms with Crippen molar-refractivity contribution in [3.63, 3.8) is 0 Å². The van der Waals surface area contributed by atoms with Gasteiger partial charge in [-0.25, -0.2) is 4.99 Å². The van der Waals surface area contributed by atoms with Gasteiger partial charge in [0.2, 0.25) is 0 Å². The summed E-state index contributed by atoms with van der Waals surface area (Å²) in [5, 5.41) is 14.5. The average molecular weight is 534 g/mol. The van der Waals surface area contributed by atoms with Crippen molar-refractivity contribution in [2.45, 2.75) is 56.9 Å². The molecule has 2 aromatic rings. The Labute approximate surface area is 226 Å². The van der Waals surface area contributed by atoms with Crippen LogP contribution in [0, 0.1) is 11.3 Å². The zero-order valence-electron chi connectivity index (χ0n) is 21.4. The molecule has 0 spiro atoms. The van der Waals surface area contributed by atoms with Crippen LogP contribution in [-0.2, 0) is 4.79 Å². The Hall–Kier alpha value is -3.09. The molecule has 0 atom stereocenters. The second-order valence-electron chi connectivity index (χ2n) is 9.15. The van der Waals surface area contributed by atoms with Crippen LogP contribution in [-0.4, -0.2) is 42.2 Å². The van der Waals surface area contributed by atoms with Crippen LogP contribution < -0.4 is 15.0 Å². The highest BCUT2D eigenvalue weighted by atomic mass is 32.2. The van der Waals surface area contributed by atoms with Crippen molar-refractivity contribution in [1.29, 1.82) is 5.26 Å². The van der Waals surface area contributed by atoms with E-state index in [2.05, 4.69) is 29.3 Å². The van der Waals surface area contributed by atoms with Crippen LogP contribution in [0.1, 0.15) is 51.5 Å². The van der Waals surface area contributed by atoms with Gasteiger partial charge >= 0.3 is 0 Å². The number of anilines is 2. The lowest BCUT2D eigenvalue weighted by Gasteiger charge is -2.30. The van der Waals surface area contributed by atoms with Crippen molar-refractivity contribution < 1.29 is 9.53 Å². The van der Waals surface area contributed by atoms with E-state index >= 15 is 0 Å². The molecule has 1 aliphatic carbocycles. The number of carbonyl (C=O) groups excluding carboxylic acids is 1. The Morgan fingerprint density at radius 3 is 2.65 bits per heavy atom. The third-order valence-corrected chi connectivity index (χ3v) is 9.24. The maximum atomic E-state index is 14.1. The standard InChI is InChI=1S/C28H31N5O2S2/c1-4-30-21-13-11-18(17-29)15-22(21)31-28-33(19-9-7-6-8-10-19)26(34)25(37-28)27-32(5-2)23-16-20(35-3)12-14-24(23)36-27/h11-16,19,30H,4-10H2,1-3H3. The largest absolute Gasteiger partial charge is 0.497 e. The molecule has 2 fully saturated rings. The predicted molar refractivity (Wildman–Crippen MR) is 153 cm³/mol. The Balaban J connectivity index is 1.60. The average Bonchev–Trinajstić information content (AvgIpc) is 3.46. The zero-order chi connectivity index (χ0) is 25.9. The summed E-state index contributed by atoms with van der Waals surface area (Å²) in [5.74, 6) is 0.826. The number of methoxy groups -OCH3 is 1. The summed E-state index contributed by atoms with van der Waals surface area (Å²) in [6, 6.07) is 13.9. The third-order valence-electron chi connectivity index (χ3n) is 6.88. The number of benzene rings is 2. The number of carbonyl (C=O) groups is 1. The first-order valence-corrected chi connectivity index (χ1v) is 14.5. The molecule has 37 heavy (non-hydrogen) atoms. The van der Waals surface area contributed by atoms with Crippen molar-refractivity contribution >= 4 is 51.7 Å². The van der Waals surface area contributed by atoms with Crippen LogP contribution in [0.4, 0.5) is 17.1 Å². The summed E-state index contributed by atoms with van der Waals surface area (Å²) >= 11 is 3.09. The van der Waals surface area contributed by atoms with Crippen LogP contribution >= 0.6 is 23.5 Å². The number of rotatable bonds is 6. The summed E-state index contributed by atoms with van der Waals surface area (Å²) in [6.07, 6.45) is 5.40. The number of nitriles is 1. The summed E-state index contributed by atoms with van der Waals surface area (Å²) in [5.41, 5.74) is 3.15. The van der Waals surface area contributed by atoms with E-state index in [-0.39, 0.29) is 11.9 Å². The van der Waals surface area contributed by atoms with Crippen molar-refractivity contribution in [2.24, 2.45) is 4.99 Å². The topological polar surface area (TPSA) is 81.0 Å². The molecule has 7 nitrogen and oxygen atoms in total. The van der Waals surface area contributed by atoms with Crippen molar-refractivity contribution in [1.82, 2.24) is 4.90 Å². The van der Waals surface area contributed by atoms with Gasteiger partial charge in [0.1, 0.15) is 15.7 Å². The Morgan fingerprint density at radius 2 is 1.95 bits per heavy atom. The van der Waals surface area contributed by atoms with E-state index in [1.165, 1.54) is 18.2 Å². The number of fused-ring (bicyclic) bond motifs is 1. The molecule has 1 saturated carbocycles. The minimum atomic E-state index is 0.0257. The molecule has 2 aliphatic heterocycles. The van der Waals surface area contributed by atoms with Gasteiger partial charge in [-0.05, 0) is 68.8 Å². The van der Waals surface area contributed by atoms with E-state index in [0.717, 1.165) is 65.8 Å². The van der Waals surface area contributed by atoms with Gasteiger partial charge in [-0.15, -0.1) is 0 Å². The molecule has 0 aromatic heterocycles. The van der Waals surface area contributed by atoms with Gasteiger partial charge in [0.15, 0.2) is 5.17 Å². The molecule has 0 unspecified atom stereocenters. The lowest BCUT2D eigenvalue weighted by atomic mass is 9.94. The van der Waals surface area contributed by atoms with E-state index in [4.69, 9.17) is 9.73 Å². The monoisotopic (exact) mass is 533 g/mol. The van der Waals surface area contributed by atoms with E-state index in [1.54, 1.807) is 31.0 Å². The van der Waals surface area contributed by atoms with E-state index in [1.807, 2.05) is 30.0 Å². The number of aliphatic imine (C=N–C) groups is 1. The van der Waals surface area contributed by atoms with E-state index in [9.17, 15) is 10.1 Å². The first kappa shape index (κ1) is 25.6. The van der Waals surface area contributed by atoms with Crippen LogP contribution in [0.3, 0.4) is 0 Å². The van der Waals surface area contributed by atoms with Gasteiger partial charge in [-0.3, -0.25) is 9.69 Å². The highest BCUT2D eigenvalue weighted by Gasteiger charge is 2.43. The number of thioether (sulfide) groups is 2. The fraction of sp³-hybridized carbons (Fsp3) is 0.393. The molecule has 1 amide bonds. The molecule has 1 saturated heterocycles. The lowest BCUT2D eigenvalue weighted by Crippen LogP contribution is -2.40. The molecular formula is C28H31N5O2S2. The number of hydrogen-bond acceptors (Lipinski definition) is 8. The normalized spacial score (nSPS) is 20.9. The fourth-order valence-electron chi connectivity index (χ4n) is 5.06. The van der Waals surface area contributed by atoms with Crippen LogP contribution in [0.25, 0.3) is 0 Å². The number of nitrogens with one attached hydrogen (secondary N) is 1. The summed E-state index contributed by atoms with van der Waals surface area (Å²) in [4.78, 5) is 25.1. The minimum Gasteiger partial charge on any atom is -0.497 e. The molecule has 0 bridgehead atoms. The highest BCUT2D eigenvalue weighted by Crippen LogP contribution is 2.52. The first-order chi connectivity index (χ1) is 18.1. The van der Waals surface area contributed by atoms with Gasteiger partial charge in [0.25, 0.3) is 5.91 Å². The van der Waals surface area contributed by atoms with Crippen LogP contribution in [0.2, 0.25) is 0 Å². The van der Waals surface area contributed by atoms with E-state index < -0.39 is 0 Å². The SMILES string of the molecule is CCNc1ccc(C#N)cc1N=C1SC(=C2Sc3ccc(OC)cc3N2CC)C(=O)N1C1CCCCC1. The fourth-order valence-corrected chi connectivity index (χ4v) is 7.49. The molecule has 5 rings (SSSR count). The molecule has 1 N–H and O–H groups in total. The van der Waals surface area contributed by atoms with Crippen molar-refractivity contribution in [2.75, 3.05) is 30.4 Å². The Kier molecular flexibility index (Phi) is 7.68.